The number of nitrogens with zero attached hydrogens (tertiary/aromatic N) is 1. The quantitative estimate of drug-likeness (QED) is 0.628. The highest BCUT2D eigenvalue weighted by Gasteiger charge is 2.43. The minimum Gasteiger partial charge on any atom is -0.493 e. The van der Waals surface area contributed by atoms with Gasteiger partial charge in [0.05, 0.1) is 46.7 Å². The van der Waals surface area contributed by atoms with Gasteiger partial charge >= 0.3 is 0 Å². The summed E-state index contributed by atoms with van der Waals surface area (Å²) in [5.41, 5.74) is 3.45. The predicted molar refractivity (Wildman–Crippen MR) is 115 cm³/mol. The standard InChI is InChI=1S/C22H31NO5.ClH/c1-15-9-18-17(7-8-28-18)22(12-15,23(2)3)14-27-13-16-10-19(24-4)21(26-6)20(11-16)25-5;/h9-11H,7-8,12-14H2,1-6H3;1H. The van der Waals surface area contributed by atoms with E-state index < -0.39 is 0 Å². The second kappa shape index (κ2) is 9.74. The zero-order chi connectivity index (χ0) is 20.3. The van der Waals surface area contributed by atoms with Crippen molar-refractivity contribution in [1.29, 1.82) is 0 Å². The van der Waals surface area contributed by atoms with E-state index in [1.807, 2.05) is 12.1 Å². The maximum Gasteiger partial charge on any atom is 0.203 e. The van der Waals surface area contributed by atoms with Crippen molar-refractivity contribution in [2.75, 3.05) is 48.6 Å². The van der Waals surface area contributed by atoms with Gasteiger partial charge in [0.15, 0.2) is 11.5 Å². The molecule has 162 valence electrons. The average Bonchev–Trinajstić information content (AvgIpc) is 3.15. The van der Waals surface area contributed by atoms with Crippen molar-refractivity contribution in [3.63, 3.8) is 0 Å². The molecule has 3 rings (SSSR count). The van der Waals surface area contributed by atoms with Gasteiger partial charge in [0.1, 0.15) is 5.76 Å². The van der Waals surface area contributed by atoms with Crippen LogP contribution in [0.15, 0.2) is 35.1 Å². The first kappa shape index (κ1) is 23.4. The van der Waals surface area contributed by atoms with Gasteiger partial charge in [-0.05, 0) is 56.8 Å². The number of benzene rings is 1. The summed E-state index contributed by atoms with van der Waals surface area (Å²) in [7, 11) is 9.07. The van der Waals surface area contributed by atoms with Gasteiger partial charge in [-0.25, -0.2) is 0 Å². The zero-order valence-corrected chi connectivity index (χ0v) is 19.0. The molecule has 1 heterocycles. The van der Waals surface area contributed by atoms with Gasteiger partial charge in [0.2, 0.25) is 5.75 Å². The van der Waals surface area contributed by atoms with Crippen molar-refractivity contribution in [2.45, 2.75) is 31.9 Å². The molecule has 1 aliphatic heterocycles. The molecule has 1 aliphatic carbocycles. The van der Waals surface area contributed by atoms with Crippen molar-refractivity contribution in [1.82, 2.24) is 4.90 Å². The summed E-state index contributed by atoms with van der Waals surface area (Å²) in [4.78, 5) is 2.27. The molecule has 1 aromatic rings. The second-order valence-electron chi connectivity index (χ2n) is 7.56. The number of allylic oxidation sites excluding steroid dienone is 1. The van der Waals surface area contributed by atoms with E-state index in [4.69, 9.17) is 23.7 Å². The average molecular weight is 426 g/mol. The Morgan fingerprint density at radius 2 is 1.72 bits per heavy atom. The lowest BCUT2D eigenvalue weighted by molar-refractivity contribution is 0.0246. The molecule has 0 bridgehead atoms. The highest BCUT2D eigenvalue weighted by Crippen LogP contribution is 2.43. The summed E-state index contributed by atoms with van der Waals surface area (Å²) >= 11 is 0. The van der Waals surface area contributed by atoms with Gasteiger partial charge in [-0.3, -0.25) is 4.90 Å². The first-order valence-electron chi connectivity index (χ1n) is 9.53. The van der Waals surface area contributed by atoms with Crippen molar-refractivity contribution in [3.05, 3.63) is 40.7 Å². The normalized spacial score (nSPS) is 20.6. The van der Waals surface area contributed by atoms with Gasteiger partial charge in [-0.1, -0.05) is 5.57 Å². The van der Waals surface area contributed by atoms with Crippen LogP contribution in [0.5, 0.6) is 17.2 Å². The van der Waals surface area contributed by atoms with E-state index in [0.29, 0.717) is 30.5 Å². The fourth-order valence-electron chi connectivity index (χ4n) is 4.16. The molecule has 0 aromatic heterocycles. The Labute approximate surface area is 179 Å². The van der Waals surface area contributed by atoms with E-state index in [9.17, 15) is 0 Å². The van der Waals surface area contributed by atoms with Gasteiger partial charge in [-0.15, -0.1) is 12.4 Å². The molecule has 7 heteroatoms. The third-order valence-corrected chi connectivity index (χ3v) is 5.61. The lowest BCUT2D eigenvalue weighted by Crippen LogP contribution is -2.51. The van der Waals surface area contributed by atoms with Gasteiger partial charge in [0, 0.05) is 6.42 Å². The predicted octanol–water partition coefficient (Wildman–Crippen LogP) is 3.98. The van der Waals surface area contributed by atoms with E-state index in [2.05, 4.69) is 32.0 Å². The highest BCUT2D eigenvalue weighted by molar-refractivity contribution is 5.85. The van der Waals surface area contributed by atoms with Crippen LogP contribution < -0.4 is 14.2 Å². The molecule has 1 atom stereocenters. The summed E-state index contributed by atoms with van der Waals surface area (Å²) in [6.07, 6.45) is 4.06. The van der Waals surface area contributed by atoms with E-state index in [0.717, 1.165) is 30.8 Å². The summed E-state index contributed by atoms with van der Waals surface area (Å²) in [6, 6.07) is 3.86. The van der Waals surface area contributed by atoms with E-state index >= 15 is 0 Å². The molecule has 2 aliphatic rings. The molecule has 29 heavy (non-hydrogen) atoms. The summed E-state index contributed by atoms with van der Waals surface area (Å²) in [5.74, 6) is 2.88. The van der Waals surface area contributed by atoms with Crippen LogP contribution in [0.3, 0.4) is 0 Å². The summed E-state index contributed by atoms with van der Waals surface area (Å²) < 4.78 is 28.4. The number of ether oxygens (including phenoxy) is 5. The van der Waals surface area contributed by atoms with Crippen molar-refractivity contribution < 1.29 is 23.7 Å². The lowest BCUT2D eigenvalue weighted by Gasteiger charge is -2.43. The molecule has 0 fully saturated rings. The highest BCUT2D eigenvalue weighted by atomic mass is 35.5. The summed E-state index contributed by atoms with van der Waals surface area (Å²) in [6.45, 7) is 3.95. The van der Waals surface area contributed by atoms with Crippen LogP contribution in [0.4, 0.5) is 0 Å². The molecule has 0 amide bonds. The topological polar surface area (TPSA) is 49.4 Å². The zero-order valence-electron chi connectivity index (χ0n) is 18.2. The molecule has 0 spiro atoms. The summed E-state index contributed by atoms with van der Waals surface area (Å²) in [5, 5.41) is 0. The molecular weight excluding hydrogens is 394 g/mol. The molecule has 0 saturated carbocycles. The third kappa shape index (κ3) is 4.49. The van der Waals surface area contributed by atoms with Crippen LogP contribution in [-0.2, 0) is 16.1 Å². The Morgan fingerprint density at radius 3 is 2.28 bits per heavy atom. The number of likely N-dealkylation sites (N-methyl/N-ethyl adjacent to an activating group) is 1. The van der Waals surface area contributed by atoms with Crippen molar-refractivity contribution in [2.24, 2.45) is 0 Å². The van der Waals surface area contributed by atoms with E-state index in [1.165, 1.54) is 11.1 Å². The van der Waals surface area contributed by atoms with E-state index in [-0.39, 0.29) is 17.9 Å². The maximum atomic E-state index is 6.24. The molecule has 0 N–H and O–H groups in total. The number of rotatable bonds is 8. The molecule has 1 unspecified atom stereocenters. The number of methoxy groups -OCH3 is 3. The Balaban J connectivity index is 0.00000300. The Bertz CT molecular complexity index is 764. The first-order chi connectivity index (χ1) is 13.4. The minimum absolute atomic E-state index is 0. The SMILES string of the molecule is COc1cc(COCC2(N(C)C)CC(C)=CC3=C2CCO3)cc(OC)c1OC.Cl. The van der Waals surface area contributed by atoms with Crippen LogP contribution >= 0.6 is 12.4 Å². The van der Waals surface area contributed by atoms with E-state index in [1.54, 1.807) is 21.3 Å². The minimum atomic E-state index is -0.175. The fraction of sp³-hybridized carbons (Fsp3) is 0.545. The van der Waals surface area contributed by atoms with Gasteiger partial charge in [-0.2, -0.15) is 0 Å². The molecule has 0 radical (unpaired) electrons. The van der Waals surface area contributed by atoms with Crippen LogP contribution in [0, 0.1) is 0 Å². The monoisotopic (exact) mass is 425 g/mol. The van der Waals surface area contributed by atoms with Gasteiger partial charge < -0.3 is 23.7 Å². The largest absolute Gasteiger partial charge is 0.493 e. The number of halogens is 1. The smallest absolute Gasteiger partial charge is 0.203 e. The molecule has 1 aromatic carbocycles. The molecule has 6 nitrogen and oxygen atoms in total. The fourth-order valence-corrected chi connectivity index (χ4v) is 4.16. The Hall–Kier alpha value is -1.89. The first-order valence-corrected chi connectivity index (χ1v) is 9.53. The molecular formula is C22H32ClNO5. The van der Waals surface area contributed by atoms with Crippen LogP contribution in [-0.4, -0.2) is 59.1 Å². The third-order valence-electron chi connectivity index (χ3n) is 5.61. The number of hydrogen-bond acceptors (Lipinski definition) is 6. The van der Waals surface area contributed by atoms with Crippen LogP contribution in [0.1, 0.15) is 25.3 Å². The lowest BCUT2D eigenvalue weighted by atomic mass is 9.78. The molecule has 0 saturated heterocycles. The number of hydrogen-bond donors (Lipinski definition) is 0. The second-order valence-corrected chi connectivity index (χ2v) is 7.56. The van der Waals surface area contributed by atoms with Crippen molar-refractivity contribution in [3.8, 4) is 17.2 Å². The van der Waals surface area contributed by atoms with Crippen molar-refractivity contribution >= 4 is 12.4 Å². The maximum absolute atomic E-state index is 6.24. The van der Waals surface area contributed by atoms with Crippen LogP contribution in [0.25, 0.3) is 0 Å². The van der Waals surface area contributed by atoms with Gasteiger partial charge in [0.25, 0.3) is 0 Å². The Morgan fingerprint density at radius 1 is 1.07 bits per heavy atom. The Kier molecular flexibility index (Phi) is 7.86. The van der Waals surface area contributed by atoms with Crippen LogP contribution in [0.2, 0.25) is 0 Å².